The van der Waals surface area contributed by atoms with Crippen molar-refractivity contribution in [2.24, 2.45) is 5.73 Å². The van der Waals surface area contributed by atoms with Gasteiger partial charge in [0.1, 0.15) is 0 Å². The minimum Gasteiger partial charge on any atom is -0.363 e. The molecule has 1 amide bonds. The minimum atomic E-state index is -4.67. The predicted octanol–water partition coefficient (Wildman–Crippen LogP) is 1.97. The summed E-state index contributed by atoms with van der Waals surface area (Å²) < 4.78 is 39.8. The van der Waals surface area contributed by atoms with Gasteiger partial charge in [-0.2, -0.15) is 22.7 Å². The molecule has 0 fully saturated rings. The highest BCUT2D eigenvalue weighted by molar-refractivity contribution is 7.13. The van der Waals surface area contributed by atoms with E-state index in [1.807, 2.05) is 0 Å². The van der Waals surface area contributed by atoms with Crippen LogP contribution in [0.5, 0.6) is 0 Å². The fourth-order valence-electron chi connectivity index (χ4n) is 1.73. The summed E-state index contributed by atoms with van der Waals surface area (Å²) in [5, 5.41) is 5.17. The van der Waals surface area contributed by atoms with Crippen LogP contribution in [-0.2, 0) is 6.18 Å². The molecular formula is C11H6F3N5OS. The van der Waals surface area contributed by atoms with Crippen molar-refractivity contribution in [3.8, 4) is 10.6 Å². The zero-order chi connectivity index (χ0) is 15.2. The van der Waals surface area contributed by atoms with Crippen LogP contribution in [-0.4, -0.2) is 25.5 Å². The van der Waals surface area contributed by atoms with E-state index in [1.165, 1.54) is 11.3 Å². The SMILES string of the molecule is NC(=O)c1nc2nc(-c3cccs3)cc(C(F)(F)F)n2n1. The fourth-order valence-corrected chi connectivity index (χ4v) is 2.41. The summed E-state index contributed by atoms with van der Waals surface area (Å²) in [6.07, 6.45) is -4.67. The second-order valence-electron chi connectivity index (χ2n) is 4.01. The van der Waals surface area contributed by atoms with E-state index in [0.717, 1.165) is 6.07 Å². The van der Waals surface area contributed by atoms with Crippen LogP contribution >= 0.6 is 11.3 Å². The lowest BCUT2D eigenvalue weighted by molar-refractivity contribution is -0.142. The number of fused-ring (bicyclic) bond motifs is 1. The molecule has 0 atom stereocenters. The quantitative estimate of drug-likeness (QED) is 0.783. The van der Waals surface area contributed by atoms with Gasteiger partial charge in [-0.1, -0.05) is 6.07 Å². The van der Waals surface area contributed by atoms with Gasteiger partial charge in [-0.15, -0.1) is 16.4 Å². The number of carbonyl (C=O) groups excluding carboxylic acids is 1. The third kappa shape index (κ3) is 2.33. The van der Waals surface area contributed by atoms with Crippen molar-refractivity contribution in [3.63, 3.8) is 0 Å². The van der Waals surface area contributed by atoms with Gasteiger partial charge in [-0.25, -0.2) is 4.98 Å². The van der Waals surface area contributed by atoms with Crippen LogP contribution in [0.2, 0.25) is 0 Å². The molecule has 0 saturated carbocycles. The van der Waals surface area contributed by atoms with Crippen LogP contribution in [0.4, 0.5) is 13.2 Å². The molecule has 2 N–H and O–H groups in total. The lowest BCUT2D eigenvalue weighted by Gasteiger charge is -2.09. The highest BCUT2D eigenvalue weighted by Gasteiger charge is 2.36. The second-order valence-corrected chi connectivity index (χ2v) is 4.96. The van der Waals surface area contributed by atoms with Crippen LogP contribution in [0.25, 0.3) is 16.3 Å². The number of thiophene rings is 1. The Morgan fingerprint density at radius 3 is 2.67 bits per heavy atom. The molecule has 0 spiro atoms. The number of alkyl halides is 3. The zero-order valence-corrected chi connectivity index (χ0v) is 10.9. The molecule has 0 bridgehead atoms. The van der Waals surface area contributed by atoms with Gasteiger partial charge in [-0.3, -0.25) is 4.79 Å². The minimum absolute atomic E-state index is 0.105. The number of rotatable bonds is 2. The largest absolute Gasteiger partial charge is 0.433 e. The van der Waals surface area contributed by atoms with E-state index in [1.54, 1.807) is 17.5 Å². The standard InChI is InChI=1S/C11H6F3N5OS/c12-11(13,14)7-4-5(6-2-1-3-21-6)16-10-17-9(8(15)20)18-19(7)10/h1-4H,(H2,15,20). The lowest BCUT2D eigenvalue weighted by atomic mass is 10.3. The normalized spacial score (nSPS) is 12.0. The van der Waals surface area contributed by atoms with Crippen molar-refractivity contribution in [1.82, 2.24) is 19.6 Å². The van der Waals surface area contributed by atoms with Crippen LogP contribution < -0.4 is 5.73 Å². The van der Waals surface area contributed by atoms with E-state index in [4.69, 9.17) is 5.73 Å². The Bertz CT molecular complexity index is 824. The van der Waals surface area contributed by atoms with Gasteiger partial charge < -0.3 is 5.73 Å². The Morgan fingerprint density at radius 2 is 2.10 bits per heavy atom. The number of amides is 1. The summed E-state index contributed by atoms with van der Waals surface area (Å²) in [5.74, 6) is -1.87. The van der Waals surface area contributed by atoms with Crippen molar-refractivity contribution < 1.29 is 18.0 Å². The molecule has 0 aliphatic rings. The third-order valence-corrected chi connectivity index (χ3v) is 3.49. The molecule has 0 aliphatic carbocycles. The van der Waals surface area contributed by atoms with E-state index >= 15 is 0 Å². The molecule has 0 saturated heterocycles. The number of aromatic nitrogens is 4. The summed E-state index contributed by atoms with van der Waals surface area (Å²) in [6, 6.07) is 4.19. The van der Waals surface area contributed by atoms with Gasteiger partial charge in [-0.05, 0) is 17.5 Å². The van der Waals surface area contributed by atoms with Gasteiger partial charge in [0.05, 0.1) is 10.6 Å². The first kappa shape index (κ1) is 13.5. The average Bonchev–Trinajstić information content (AvgIpc) is 3.05. The number of halogens is 3. The Morgan fingerprint density at radius 1 is 1.33 bits per heavy atom. The van der Waals surface area contributed by atoms with Gasteiger partial charge in [0, 0.05) is 0 Å². The molecule has 21 heavy (non-hydrogen) atoms. The van der Waals surface area contributed by atoms with Crippen LogP contribution in [0.1, 0.15) is 16.3 Å². The molecule has 6 nitrogen and oxygen atoms in total. The second kappa shape index (κ2) is 4.52. The Labute approximate surface area is 119 Å². The number of hydrogen-bond donors (Lipinski definition) is 1. The smallest absolute Gasteiger partial charge is 0.363 e. The Balaban J connectivity index is 2.32. The van der Waals surface area contributed by atoms with Crippen LogP contribution in [0.15, 0.2) is 23.6 Å². The van der Waals surface area contributed by atoms with Crippen molar-refractivity contribution >= 4 is 23.0 Å². The maximum absolute atomic E-state index is 13.1. The van der Waals surface area contributed by atoms with Gasteiger partial charge in [0.2, 0.25) is 5.82 Å². The number of nitrogens with two attached hydrogens (primary N) is 1. The third-order valence-electron chi connectivity index (χ3n) is 2.60. The van der Waals surface area contributed by atoms with Gasteiger partial charge in [0.15, 0.2) is 5.69 Å². The first-order valence-electron chi connectivity index (χ1n) is 5.55. The first-order chi connectivity index (χ1) is 9.86. The molecule has 3 aromatic rings. The first-order valence-corrected chi connectivity index (χ1v) is 6.43. The number of nitrogens with zero attached hydrogens (tertiary/aromatic N) is 4. The molecule has 0 aliphatic heterocycles. The van der Waals surface area contributed by atoms with E-state index in [-0.39, 0.29) is 11.5 Å². The number of hydrogen-bond acceptors (Lipinski definition) is 5. The predicted molar refractivity (Wildman–Crippen MR) is 67.6 cm³/mol. The van der Waals surface area contributed by atoms with Gasteiger partial charge in [0.25, 0.3) is 11.7 Å². The van der Waals surface area contributed by atoms with Crippen molar-refractivity contribution in [2.45, 2.75) is 6.18 Å². The average molecular weight is 313 g/mol. The maximum atomic E-state index is 13.1. The molecule has 10 heteroatoms. The molecule has 108 valence electrons. The highest BCUT2D eigenvalue weighted by atomic mass is 32.1. The van der Waals surface area contributed by atoms with E-state index < -0.39 is 23.6 Å². The van der Waals surface area contributed by atoms with Crippen LogP contribution in [0, 0.1) is 0 Å². The van der Waals surface area contributed by atoms with E-state index in [0.29, 0.717) is 9.39 Å². The van der Waals surface area contributed by atoms with Crippen LogP contribution in [0.3, 0.4) is 0 Å². The number of carbonyl (C=O) groups is 1. The van der Waals surface area contributed by atoms with Gasteiger partial charge >= 0.3 is 6.18 Å². The van der Waals surface area contributed by atoms with E-state index in [2.05, 4.69) is 15.1 Å². The molecule has 0 radical (unpaired) electrons. The maximum Gasteiger partial charge on any atom is 0.433 e. The Kier molecular flexibility index (Phi) is 2.90. The van der Waals surface area contributed by atoms with Crippen molar-refractivity contribution in [2.75, 3.05) is 0 Å². The monoisotopic (exact) mass is 313 g/mol. The molecule has 0 unspecified atom stereocenters. The van der Waals surface area contributed by atoms with E-state index in [9.17, 15) is 18.0 Å². The lowest BCUT2D eigenvalue weighted by Crippen LogP contribution is -2.15. The highest BCUT2D eigenvalue weighted by Crippen LogP contribution is 2.32. The summed E-state index contributed by atoms with van der Waals surface area (Å²) in [7, 11) is 0. The molecular weight excluding hydrogens is 307 g/mol. The molecule has 3 aromatic heterocycles. The topological polar surface area (TPSA) is 86.2 Å². The fraction of sp³-hybridized carbons (Fsp3) is 0.0909. The molecule has 3 heterocycles. The summed E-state index contributed by atoms with van der Waals surface area (Å²) in [4.78, 5) is 19.2. The molecule has 0 aromatic carbocycles. The van der Waals surface area contributed by atoms with Crippen molar-refractivity contribution in [3.05, 3.63) is 35.1 Å². The Hall–Kier alpha value is -2.49. The summed E-state index contributed by atoms with van der Waals surface area (Å²) in [5.41, 5.74) is 4.02. The van der Waals surface area contributed by atoms with Crippen molar-refractivity contribution in [1.29, 1.82) is 0 Å². The zero-order valence-electron chi connectivity index (χ0n) is 10.1. The molecule has 3 rings (SSSR count). The summed E-state index contributed by atoms with van der Waals surface area (Å²) >= 11 is 1.24. The summed E-state index contributed by atoms with van der Waals surface area (Å²) in [6.45, 7) is 0. The number of primary amides is 1.